The molecule has 1 aliphatic carbocycles. The molecule has 4 nitrogen and oxygen atoms in total. The van der Waals surface area contributed by atoms with Crippen LogP contribution in [-0.4, -0.2) is 42.3 Å². The quantitative estimate of drug-likeness (QED) is 0.852. The predicted molar refractivity (Wildman–Crippen MR) is 76.2 cm³/mol. The SMILES string of the molecule is CC(C)(C)OC(=O)N1CCCC1CNCC1CCC1. The zero-order valence-corrected chi connectivity index (χ0v) is 12.6. The Kier molecular flexibility index (Phi) is 4.71. The standard InChI is InChI=1S/C15H28N2O2/c1-15(2,3)19-14(18)17-9-5-8-13(17)11-16-10-12-6-4-7-12/h12-13,16H,4-11H2,1-3H3. The third-order valence-corrected chi connectivity index (χ3v) is 4.04. The van der Waals surface area contributed by atoms with E-state index in [0.29, 0.717) is 6.04 Å². The van der Waals surface area contributed by atoms with Crippen molar-refractivity contribution < 1.29 is 9.53 Å². The maximum atomic E-state index is 12.1. The fraction of sp³-hybridized carbons (Fsp3) is 0.933. The number of nitrogens with zero attached hydrogens (tertiary/aromatic N) is 1. The van der Waals surface area contributed by atoms with Crippen molar-refractivity contribution in [2.24, 2.45) is 5.92 Å². The molecule has 2 aliphatic rings. The van der Waals surface area contributed by atoms with Crippen LogP contribution in [0, 0.1) is 5.92 Å². The molecular formula is C15H28N2O2. The Hall–Kier alpha value is -0.770. The molecule has 0 aromatic rings. The molecule has 110 valence electrons. The van der Waals surface area contributed by atoms with Crippen LogP contribution < -0.4 is 5.32 Å². The van der Waals surface area contributed by atoms with E-state index in [4.69, 9.17) is 4.74 Å². The predicted octanol–water partition coefficient (Wildman–Crippen LogP) is 2.78. The van der Waals surface area contributed by atoms with E-state index in [1.807, 2.05) is 25.7 Å². The van der Waals surface area contributed by atoms with E-state index in [2.05, 4.69) is 5.32 Å². The Balaban J connectivity index is 1.74. The molecule has 1 saturated heterocycles. The van der Waals surface area contributed by atoms with Crippen LogP contribution in [0.3, 0.4) is 0 Å². The molecule has 0 aromatic heterocycles. The summed E-state index contributed by atoms with van der Waals surface area (Å²) < 4.78 is 5.47. The van der Waals surface area contributed by atoms with Gasteiger partial charge in [0.1, 0.15) is 5.60 Å². The molecule has 19 heavy (non-hydrogen) atoms. The van der Waals surface area contributed by atoms with Crippen LogP contribution in [-0.2, 0) is 4.74 Å². The fourth-order valence-corrected chi connectivity index (χ4v) is 2.76. The third kappa shape index (κ3) is 4.37. The number of carbonyl (C=O) groups excluding carboxylic acids is 1. The van der Waals surface area contributed by atoms with Gasteiger partial charge in [-0.15, -0.1) is 0 Å². The van der Waals surface area contributed by atoms with Crippen molar-refractivity contribution in [3.05, 3.63) is 0 Å². The van der Waals surface area contributed by atoms with Gasteiger partial charge in [0.15, 0.2) is 0 Å². The van der Waals surface area contributed by atoms with E-state index in [-0.39, 0.29) is 6.09 Å². The van der Waals surface area contributed by atoms with Crippen molar-refractivity contribution in [2.45, 2.75) is 64.5 Å². The number of carbonyl (C=O) groups is 1. The molecule has 2 rings (SSSR count). The Morgan fingerprint density at radius 1 is 1.21 bits per heavy atom. The summed E-state index contributed by atoms with van der Waals surface area (Å²) in [5.41, 5.74) is -0.399. The third-order valence-electron chi connectivity index (χ3n) is 4.04. The number of hydrogen-bond donors (Lipinski definition) is 1. The highest BCUT2D eigenvalue weighted by Gasteiger charge is 2.32. The summed E-state index contributed by atoms with van der Waals surface area (Å²) in [7, 11) is 0. The smallest absolute Gasteiger partial charge is 0.410 e. The second kappa shape index (κ2) is 6.12. The monoisotopic (exact) mass is 268 g/mol. The van der Waals surface area contributed by atoms with Gasteiger partial charge >= 0.3 is 6.09 Å². The Bertz CT molecular complexity index is 308. The molecule has 1 heterocycles. The van der Waals surface area contributed by atoms with Gasteiger partial charge in [-0.25, -0.2) is 4.79 Å². The average Bonchev–Trinajstić information content (AvgIpc) is 2.67. The number of likely N-dealkylation sites (tertiary alicyclic amines) is 1. The lowest BCUT2D eigenvalue weighted by atomic mass is 9.85. The van der Waals surface area contributed by atoms with Gasteiger partial charge < -0.3 is 15.0 Å². The van der Waals surface area contributed by atoms with Crippen molar-refractivity contribution in [1.82, 2.24) is 10.2 Å². The molecule has 0 spiro atoms. The lowest BCUT2D eigenvalue weighted by Crippen LogP contribution is -2.45. The van der Waals surface area contributed by atoms with Gasteiger partial charge in [-0.1, -0.05) is 6.42 Å². The van der Waals surface area contributed by atoms with E-state index >= 15 is 0 Å². The van der Waals surface area contributed by atoms with Crippen LogP contribution in [0.15, 0.2) is 0 Å². The maximum Gasteiger partial charge on any atom is 0.410 e. The van der Waals surface area contributed by atoms with Gasteiger partial charge in [0.25, 0.3) is 0 Å². The van der Waals surface area contributed by atoms with Crippen molar-refractivity contribution in [1.29, 1.82) is 0 Å². The molecule has 1 atom stereocenters. The second-order valence-corrected chi connectivity index (χ2v) is 6.92. The first-order chi connectivity index (χ1) is 8.96. The molecule has 0 radical (unpaired) electrons. The highest BCUT2D eigenvalue weighted by Crippen LogP contribution is 2.25. The van der Waals surface area contributed by atoms with Crippen molar-refractivity contribution in [2.75, 3.05) is 19.6 Å². The first-order valence-corrected chi connectivity index (χ1v) is 7.66. The molecule has 1 saturated carbocycles. The molecular weight excluding hydrogens is 240 g/mol. The van der Waals surface area contributed by atoms with Crippen molar-refractivity contribution in [3.63, 3.8) is 0 Å². The minimum Gasteiger partial charge on any atom is -0.444 e. The molecule has 0 bridgehead atoms. The minimum absolute atomic E-state index is 0.152. The van der Waals surface area contributed by atoms with E-state index in [9.17, 15) is 4.79 Å². The lowest BCUT2D eigenvalue weighted by molar-refractivity contribution is 0.0225. The first-order valence-electron chi connectivity index (χ1n) is 7.66. The molecule has 1 amide bonds. The zero-order valence-electron chi connectivity index (χ0n) is 12.6. The molecule has 1 unspecified atom stereocenters. The molecule has 0 aromatic carbocycles. The maximum absolute atomic E-state index is 12.1. The van der Waals surface area contributed by atoms with Crippen molar-refractivity contribution in [3.8, 4) is 0 Å². The van der Waals surface area contributed by atoms with Gasteiger partial charge in [0.05, 0.1) is 0 Å². The number of ether oxygens (including phenoxy) is 1. The van der Waals surface area contributed by atoms with E-state index in [1.54, 1.807) is 0 Å². The normalized spacial score (nSPS) is 24.4. The van der Waals surface area contributed by atoms with E-state index < -0.39 is 5.60 Å². The van der Waals surface area contributed by atoms with Crippen LogP contribution in [0.1, 0.15) is 52.9 Å². The summed E-state index contributed by atoms with van der Waals surface area (Å²) >= 11 is 0. The zero-order chi connectivity index (χ0) is 13.9. The summed E-state index contributed by atoms with van der Waals surface area (Å²) in [6.45, 7) is 8.62. The van der Waals surface area contributed by atoms with Crippen molar-refractivity contribution >= 4 is 6.09 Å². The first kappa shape index (κ1) is 14.6. The van der Waals surface area contributed by atoms with Gasteiger partial charge in [-0.05, 0) is 58.9 Å². The number of nitrogens with one attached hydrogen (secondary N) is 1. The van der Waals surface area contributed by atoms with Gasteiger partial charge in [0.2, 0.25) is 0 Å². The highest BCUT2D eigenvalue weighted by molar-refractivity contribution is 5.69. The van der Waals surface area contributed by atoms with Crippen LogP contribution in [0.4, 0.5) is 4.79 Å². The van der Waals surface area contributed by atoms with Crippen LogP contribution in [0.25, 0.3) is 0 Å². The molecule has 1 aliphatic heterocycles. The topological polar surface area (TPSA) is 41.6 Å². The summed E-state index contributed by atoms with van der Waals surface area (Å²) in [4.78, 5) is 14.0. The van der Waals surface area contributed by atoms with Crippen LogP contribution >= 0.6 is 0 Å². The number of amides is 1. The minimum atomic E-state index is -0.399. The highest BCUT2D eigenvalue weighted by atomic mass is 16.6. The summed E-state index contributed by atoms with van der Waals surface area (Å²) in [5.74, 6) is 0.872. The molecule has 1 N–H and O–H groups in total. The summed E-state index contributed by atoms with van der Waals surface area (Å²) in [5, 5.41) is 3.53. The van der Waals surface area contributed by atoms with Crippen LogP contribution in [0.5, 0.6) is 0 Å². The largest absolute Gasteiger partial charge is 0.444 e. The van der Waals surface area contributed by atoms with E-state index in [0.717, 1.165) is 38.4 Å². The molecule has 4 heteroatoms. The van der Waals surface area contributed by atoms with Gasteiger partial charge in [-0.3, -0.25) is 0 Å². The fourth-order valence-electron chi connectivity index (χ4n) is 2.76. The van der Waals surface area contributed by atoms with Crippen LogP contribution in [0.2, 0.25) is 0 Å². The van der Waals surface area contributed by atoms with E-state index in [1.165, 1.54) is 19.3 Å². The molecule has 2 fully saturated rings. The number of hydrogen-bond acceptors (Lipinski definition) is 3. The summed E-state index contributed by atoms with van der Waals surface area (Å²) in [6, 6.07) is 0.315. The van der Waals surface area contributed by atoms with Gasteiger partial charge in [-0.2, -0.15) is 0 Å². The Labute approximate surface area is 116 Å². The number of rotatable bonds is 4. The Morgan fingerprint density at radius 3 is 2.53 bits per heavy atom. The van der Waals surface area contributed by atoms with Gasteiger partial charge in [0, 0.05) is 19.1 Å². The average molecular weight is 268 g/mol. The summed E-state index contributed by atoms with van der Waals surface area (Å²) in [6.07, 6.45) is 6.16. The second-order valence-electron chi connectivity index (χ2n) is 6.92. The lowest BCUT2D eigenvalue weighted by Gasteiger charge is -2.30. The Morgan fingerprint density at radius 2 is 1.95 bits per heavy atom.